The van der Waals surface area contributed by atoms with Crippen molar-refractivity contribution in [3.05, 3.63) is 58.8 Å². The minimum Gasteiger partial charge on any atom is -0.494 e. The molecule has 0 saturated heterocycles. The Morgan fingerprint density at radius 3 is 2.70 bits per heavy atom. The Morgan fingerprint density at radius 1 is 1.15 bits per heavy atom. The first-order chi connectivity index (χ1) is 9.75. The van der Waals surface area contributed by atoms with Gasteiger partial charge in [-0.25, -0.2) is 4.98 Å². The van der Waals surface area contributed by atoms with Crippen LogP contribution in [0, 0.1) is 0 Å². The summed E-state index contributed by atoms with van der Waals surface area (Å²) in [4.78, 5) is 15.9. The van der Waals surface area contributed by atoms with E-state index in [9.17, 15) is 4.79 Å². The third-order valence-electron chi connectivity index (χ3n) is 2.57. The van der Waals surface area contributed by atoms with Crippen molar-refractivity contribution in [3.63, 3.8) is 0 Å². The van der Waals surface area contributed by atoms with E-state index in [2.05, 4.69) is 26.2 Å². The largest absolute Gasteiger partial charge is 0.494 e. The van der Waals surface area contributed by atoms with Crippen molar-refractivity contribution in [2.75, 3.05) is 13.2 Å². The smallest absolute Gasteiger partial charge is 0.269 e. The first kappa shape index (κ1) is 14.5. The Hall–Kier alpha value is -1.88. The van der Waals surface area contributed by atoms with Crippen LogP contribution in [-0.2, 0) is 0 Å². The minimum absolute atomic E-state index is 0.175. The minimum atomic E-state index is -0.175. The van der Waals surface area contributed by atoms with Crippen LogP contribution in [0.25, 0.3) is 0 Å². The van der Waals surface area contributed by atoms with Gasteiger partial charge in [0.1, 0.15) is 16.0 Å². The Kier molecular flexibility index (Phi) is 5.55. The molecule has 0 spiro atoms. The van der Waals surface area contributed by atoms with Gasteiger partial charge in [0.2, 0.25) is 0 Å². The number of nitrogens with one attached hydrogen (secondary N) is 1. The molecule has 0 atom stereocenters. The predicted octanol–water partition coefficient (Wildman–Crippen LogP) is 3.04. The Bertz CT molecular complexity index is 561. The van der Waals surface area contributed by atoms with Gasteiger partial charge in [-0.05, 0) is 46.6 Å². The van der Waals surface area contributed by atoms with Crippen molar-refractivity contribution < 1.29 is 9.53 Å². The van der Waals surface area contributed by atoms with Crippen molar-refractivity contribution in [2.24, 2.45) is 0 Å². The SMILES string of the molecule is O=C(NCCCOc1ccccc1)c1cccc(Br)n1. The lowest BCUT2D eigenvalue weighted by molar-refractivity contribution is 0.0946. The van der Waals surface area contributed by atoms with Crippen molar-refractivity contribution in [3.8, 4) is 5.75 Å². The lowest BCUT2D eigenvalue weighted by Gasteiger charge is -2.07. The molecular formula is C15H15BrN2O2. The molecule has 104 valence electrons. The summed E-state index contributed by atoms with van der Waals surface area (Å²) in [6.07, 6.45) is 0.745. The number of ether oxygens (including phenoxy) is 1. The highest BCUT2D eigenvalue weighted by atomic mass is 79.9. The molecule has 20 heavy (non-hydrogen) atoms. The molecule has 0 aliphatic heterocycles. The molecule has 1 amide bonds. The Labute approximate surface area is 126 Å². The maximum absolute atomic E-state index is 11.8. The average Bonchev–Trinajstić information content (AvgIpc) is 2.48. The summed E-state index contributed by atoms with van der Waals surface area (Å²) in [6.45, 7) is 1.12. The first-order valence-electron chi connectivity index (χ1n) is 6.34. The second-order valence-corrected chi connectivity index (χ2v) is 4.93. The lowest BCUT2D eigenvalue weighted by atomic mass is 10.3. The van der Waals surface area contributed by atoms with Crippen LogP contribution in [0.5, 0.6) is 5.75 Å². The number of rotatable bonds is 6. The number of para-hydroxylation sites is 1. The highest BCUT2D eigenvalue weighted by Gasteiger charge is 2.06. The second kappa shape index (κ2) is 7.65. The number of carbonyl (C=O) groups is 1. The molecule has 0 fully saturated rings. The van der Waals surface area contributed by atoms with Crippen molar-refractivity contribution in [1.82, 2.24) is 10.3 Å². The van der Waals surface area contributed by atoms with Gasteiger partial charge in [0.15, 0.2) is 0 Å². The summed E-state index contributed by atoms with van der Waals surface area (Å²) >= 11 is 3.24. The number of amides is 1. The topological polar surface area (TPSA) is 51.2 Å². The normalized spacial score (nSPS) is 10.1. The molecule has 5 heteroatoms. The van der Waals surface area contributed by atoms with Gasteiger partial charge in [0.25, 0.3) is 5.91 Å². The molecule has 1 N–H and O–H groups in total. The zero-order valence-electron chi connectivity index (χ0n) is 10.9. The molecule has 2 rings (SSSR count). The van der Waals surface area contributed by atoms with Gasteiger partial charge in [-0.2, -0.15) is 0 Å². The number of carbonyl (C=O) groups excluding carboxylic acids is 1. The summed E-state index contributed by atoms with van der Waals surface area (Å²) in [7, 11) is 0. The molecule has 1 heterocycles. The van der Waals surface area contributed by atoms with Crippen LogP contribution in [0.4, 0.5) is 0 Å². The highest BCUT2D eigenvalue weighted by molar-refractivity contribution is 9.10. The van der Waals surface area contributed by atoms with Gasteiger partial charge in [-0.15, -0.1) is 0 Å². The number of benzene rings is 1. The molecule has 1 aromatic heterocycles. The summed E-state index contributed by atoms with van der Waals surface area (Å²) in [5, 5.41) is 2.81. The molecular weight excluding hydrogens is 320 g/mol. The second-order valence-electron chi connectivity index (χ2n) is 4.12. The maximum atomic E-state index is 11.8. The van der Waals surface area contributed by atoms with E-state index in [1.165, 1.54) is 0 Å². The average molecular weight is 335 g/mol. The predicted molar refractivity (Wildman–Crippen MR) is 80.8 cm³/mol. The Balaban J connectivity index is 1.67. The number of nitrogens with zero attached hydrogens (tertiary/aromatic N) is 1. The molecule has 0 radical (unpaired) electrons. The zero-order chi connectivity index (χ0) is 14.2. The fourth-order valence-corrected chi connectivity index (χ4v) is 1.95. The van der Waals surface area contributed by atoms with E-state index >= 15 is 0 Å². The molecule has 4 nitrogen and oxygen atoms in total. The van der Waals surface area contributed by atoms with Crippen LogP contribution < -0.4 is 10.1 Å². The van der Waals surface area contributed by atoms with Gasteiger partial charge in [0, 0.05) is 6.54 Å². The molecule has 0 bridgehead atoms. The monoisotopic (exact) mass is 334 g/mol. The van der Waals surface area contributed by atoms with Gasteiger partial charge in [0.05, 0.1) is 6.61 Å². The summed E-state index contributed by atoms with van der Waals surface area (Å²) in [5.41, 5.74) is 0.406. The molecule has 1 aromatic carbocycles. The third-order valence-corrected chi connectivity index (χ3v) is 3.01. The van der Waals surface area contributed by atoms with Crippen LogP contribution in [0.2, 0.25) is 0 Å². The fourth-order valence-electron chi connectivity index (χ4n) is 1.61. The van der Waals surface area contributed by atoms with Crippen molar-refractivity contribution in [1.29, 1.82) is 0 Å². The van der Waals surface area contributed by atoms with Crippen LogP contribution >= 0.6 is 15.9 Å². The van der Waals surface area contributed by atoms with Crippen LogP contribution in [0.1, 0.15) is 16.9 Å². The van der Waals surface area contributed by atoms with Gasteiger partial charge < -0.3 is 10.1 Å². The van der Waals surface area contributed by atoms with Gasteiger partial charge >= 0.3 is 0 Å². The summed E-state index contributed by atoms with van der Waals surface area (Å²) < 4.78 is 6.19. The number of halogens is 1. The van der Waals surface area contributed by atoms with E-state index in [-0.39, 0.29) is 5.91 Å². The van der Waals surface area contributed by atoms with Crippen LogP contribution in [0.15, 0.2) is 53.1 Å². The third kappa shape index (κ3) is 4.66. The van der Waals surface area contributed by atoms with Crippen LogP contribution in [0.3, 0.4) is 0 Å². The van der Waals surface area contributed by atoms with E-state index in [1.54, 1.807) is 18.2 Å². The molecule has 2 aromatic rings. The highest BCUT2D eigenvalue weighted by Crippen LogP contribution is 2.08. The zero-order valence-corrected chi connectivity index (χ0v) is 12.5. The van der Waals surface area contributed by atoms with Crippen molar-refractivity contribution >= 4 is 21.8 Å². The van der Waals surface area contributed by atoms with E-state index in [0.29, 0.717) is 23.4 Å². The molecule has 0 saturated carbocycles. The Morgan fingerprint density at radius 2 is 1.95 bits per heavy atom. The molecule has 0 unspecified atom stereocenters. The lowest BCUT2D eigenvalue weighted by Crippen LogP contribution is -2.26. The number of aromatic nitrogens is 1. The maximum Gasteiger partial charge on any atom is 0.269 e. The van der Waals surface area contributed by atoms with Gasteiger partial charge in [-0.1, -0.05) is 24.3 Å². The standard InChI is InChI=1S/C15H15BrN2O2/c16-14-9-4-8-13(18-14)15(19)17-10-5-11-20-12-6-2-1-3-7-12/h1-4,6-9H,5,10-11H2,(H,17,19). The molecule has 0 aliphatic rings. The number of hydrogen-bond donors (Lipinski definition) is 1. The number of hydrogen-bond acceptors (Lipinski definition) is 3. The summed E-state index contributed by atoms with van der Waals surface area (Å²) in [5.74, 6) is 0.665. The first-order valence-corrected chi connectivity index (χ1v) is 7.13. The van der Waals surface area contributed by atoms with Crippen molar-refractivity contribution in [2.45, 2.75) is 6.42 Å². The quantitative estimate of drug-likeness (QED) is 0.652. The van der Waals surface area contributed by atoms with Crippen LogP contribution in [-0.4, -0.2) is 24.0 Å². The fraction of sp³-hybridized carbons (Fsp3) is 0.200. The molecule has 0 aliphatic carbocycles. The van der Waals surface area contributed by atoms with E-state index in [4.69, 9.17) is 4.74 Å². The van der Waals surface area contributed by atoms with E-state index < -0.39 is 0 Å². The van der Waals surface area contributed by atoms with Gasteiger partial charge in [-0.3, -0.25) is 4.79 Å². The summed E-state index contributed by atoms with van der Waals surface area (Å²) in [6, 6.07) is 14.9. The van der Waals surface area contributed by atoms with E-state index in [0.717, 1.165) is 12.2 Å². The number of pyridine rings is 1. The van der Waals surface area contributed by atoms with E-state index in [1.807, 2.05) is 30.3 Å².